The molecule has 2 aromatic rings. The van der Waals surface area contributed by atoms with Crippen LogP contribution in [0.3, 0.4) is 0 Å². The highest BCUT2D eigenvalue weighted by molar-refractivity contribution is 6.05. The van der Waals surface area contributed by atoms with Crippen LogP contribution in [0.4, 0.5) is 0 Å². The van der Waals surface area contributed by atoms with E-state index in [1.807, 2.05) is 0 Å². The minimum Gasteiger partial charge on any atom is -0.489 e. The van der Waals surface area contributed by atoms with E-state index in [-0.39, 0.29) is 31.4 Å². The van der Waals surface area contributed by atoms with E-state index in [1.165, 1.54) is 4.90 Å². The molecule has 0 spiro atoms. The van der Waals surface area contributed by atoms with E-state index in [0.29, 0.717) is 60.7 Å². The van der Waals surface area contributed by atoms with Crippen LogP contribution >= 0.6 is 0 Å². The fourth-order valence-electron chi connectivity index (χ4n) is 4.47. The largest absolute Gasteiger partial charge is 0.489 e. The van der Waals surface area contributed by atoms with Crippen LogP contribution in [0, 0.1) is 0 Å². The van der Waals surface area contributed by atoms with Crippen LogP contribution in [0.15, 0.2) is 42.4 Å². The molecule has 8 heteroatoms. The van der Waals surface area contributed by atoms with Gasteiger partial charge in [-0.25, -0.2) is 0 Å². The highest BCUT2D eigenvalue weighted by atomic mass is 16.5. The number of amides is 3. The zero-order valence-corrected chi connectivity index (χ0v) is 18.3. The summed E-state index contributed by atoms with van der Waals surface area (Å²) >= 11 is 0. The Hall–Kier alpha value is -3.23. The van der Waals surface area contributed by atoms with Crippen LogP contribution in [0.2, 0.25) is 0 Å². The van der Waals surface area contributed by atoms with Crippen molar-refractivity contribution in [3.63, 3.8) is 0 Å². The molecule has 5 rings (SSSR count). The van der Waals surface area contributed by atoms with Crippen molar-refractivity contribution in [2.24, 2.45) is 0 Å². The molecule has 33 heavy (non-hydrogen) atoms. The van der Waals surface area contributed by atoms with Crippen molar-refractivity contribution >= 4 is 17.7 Å². The summed E-state index contributed by atoms with van der Waals surface area (Å²) in [5, 5.41) is 2.31. The first-order valence-electron chi connectivity index (χ1n) is 12.2. The molecule has 0 aromatic heterocycles. The lowest BCUT2D eigenvalue weighted by atomic mass is 10.0. The second kappa shape index (κ2) is 9.33. The summed E-state index contributed by atoms with van der Waals surface area (Å²) in [6, 6.07) is 8.56. The number of fused-ring (bicyclic) bond motifs is 1. The molecule has 0 radical (unpaired) electrons. The lowest BCUT2D eigenvalue weighted by Gasteiger charge is -2.29. The van der Waals surface area contributed by atoms with E-state index in [1.54, 1.807) is 30.3 Å². The van der Waals surface area contributed by atoms with Crippen molar-refractivity contribution in [3.05, 3.63) is 64.7 Å². The Morgan fingerprint density at radius 3 is 2.70 bits per heavy atom. The summed E-state index contributed by atoms with van der Waals surface area (Å²) in [4.78, 5) is 40.5. The van der Waals surface area contributed by atoms with Crippen LogP contribution in [-0.4, -0.2) is 59.9 Å². The van der Waals surface area contributed by atoms with Gasteiger partial charge in [0, 0.05) is 37.2 Å². The zero-order chi connectivity index (χ0) is 24.5. The van der Waals surface area contributed by atoms with Crippen LogP contribution < -0.4 is 10.1 Å². The lowest BCUT2D eigenvalue weighted by Crippen LogP contribution is -2.52. The van der Waals surface area contributed by atoms with Gasteiger partial charge in [-0.2, -0.15) is 0 Å². The molecule has 0 saturated carbocycles. The van der Waals surface area contributed by atoms with Crippen molar-refractivity contribution in [3.8, 4) is 5.75 Å². The van der Waals surface area contributed by atoms with E-state index >= 15 is 0 Å². The molecular weight excluding hydrogens is 422 g/mol. The lowest BCUT2D eigenvalue weighted by molar-refractivity contribution is -0.136. The number of nitrogens with zero attached hydrogens (tertiary/aromatic N) is 2. The predicted molar refractivity (Wildman–Crippen MR) is 119 cm³/mol. The third-order valence-corrected chi connectivity index (χ3v) is 6.28. The zero-order valence-electron chi connectivity index (χ0n) is 20.3. The topological polar surface area (TPSA) is 88.2 Å². The van der Waals surface area contributed by atoms with E-state index < -0.39 is 11.9 Å². The summed E-state index contributed by atoms with van der Waals surface area (Å²) < 4.78 is 28.3. The SMILES string of the molecule is [2H]c1cc(CN2CCOCC2)c([2H])cc1COc1cccc2c1CN(C1CCC(=O)NC1=O)C2=O. The quantitative estimate of drug-likeness (QED) is 0.675. The third-order valence-electron chi connectivity index (χ3n) is 6.28. The van der Waals surface area contributed by atoms with Gasteiger partial charge in [-0.3, -0.25) is 24.6 Å². The molecule has 3 heterocycles. The van der Waals surface area contributed by atoms with Crippen molar-refractivity contribution in [1.82, 2.24) is 15.1 Å². The fraction of sp³-hybridized carbons (Fsp3) is 0.400. The maximum Gasteiger partial charge on any atom is 0.255 e. The Labute approximate surface area is 195 Å². The standard InChI is InChI=1S/C25H27N3O5/c29-23-9-8-21(24(30)26-23)28-15-20-19(25(28)31)2-1-3-22(20)33-16-18-6-4-17(5-7-18)14-27-10-12-32-13-11-27/h1-7,21H,8-16H2,(H,26,29,30)/i4D,7D. The molecular formula is C25H27N3O5. The van der Waals surface area contributed by atoms with Gasteiger partial charge in [-0.15, -0.1) is 0 Å². The molecule has 2 aromatic carbocycles. The number of rotatable bonds is 6. The van der Waals surface area contributed by atoms with Gasteiger partial charge < -0.3 is 14.4 Å². The number of imide groups is 1. The maximum absolute atomic E-state index is 13.0. The number of benzene rings is 2. The summed E-state index contributed by atoms with van der Waals surface area (Å²) in [5.41, 5.74) is 2.54. The first-order chi connectivity index (χ1) is 16.9. The summed E-state index contributed by atoms with van der Waals surface area (Å²) in [5.74, 6) is -0.532. The monoisotopic (exact) mass is 451 g/mol. The van der Waals surface area contributed by atoms with Crippen molar-refractivity contribution in [2.75, 3.05) is 26.3 Å². The Morgan fingerprint density at radius 1 is 1.09 bits per heavy atom. The predicted octanol–water partition coefficient (Wildman–Crippen LogP) is 1.86. The van der Waals surface area contributed by atoms with Crippen molar-refractivity contribution in [1.29, 1.82) is 0 Å². The number of carbonyl (C=O) groups excluding carboxylic acids is 3. The van der Waals surface area contributed by atoms with E-state index in [4.69, 9.17) is 12.2 Å². The van der Waals surface area contributed by atoms with Gasteiger partial charge in [-0.05, 0) is 29.7 Å². The molecule has 3 amide bonds. The second-order valence-corrected chi connectivity index (χ2v) is 8.49. The van der Waals surface area contributed by atoms with Crippen LogP contribution in [0.25, 0.3) is 0 Å². The summed E-state index contributed by atoms with van der Waals surface area (Å²) in [7, 11) is 0. The van der Waals surface area contributed by atoms with Gasteiger partial charge in [0.1, 0.15) is 18.4 Å². The highest BCUT2D eigenvalue weighted by Crippen LogP contribution is 2.34. The van der Waals surface area contributed by atoms with Crippen molar-refractivity contribution in [2.45, 2.75) is 38.6 Å². The number of hydrogen-bond acceptors (Lipinski definition) is 6. The third kappa shape index (κ3) is 4.62. The van der Waals surface area contributed by atoms with E-state index in [0.717, 1.165) is 18.7 Å². The smallest absolute Gasteiger partial charge is 0.255 e. The highest BCUT2D eigenvalue weighted by Gasteiger charge is 2.40. The number of carbonyl (C=O) groups is 3. The van der Waals surface area contributed by atoms with Crippen LogP contribution in [-0.2, 0) is 34.0 Å². The second-order valence-electron chi connectivity index (χ2n) is 8.49. The molecule has 2 saturated heterocycles. The number of morpholine rings is 1. The number of piperidine rings is 1. The minimum atomic E-state index is -0.690. The first kappa shape index (κ1) is 19.3. The molecule has 1 atom stereocenters. The molecule has 0 aliphatic carbocycles. The average Bonchev–Trinajstić information content (AvgIpc) is 3.18. The van der Waals surface area contributed by atoms with Crippen molar-refractivity contribution < 1.29 is 26.6 Å². The molecule has 0 bridgehead atoms. The Bertz CT molecular complexity index is 1180. The van der Waals surface area contributed by atoms with Gasteiger partial charge in [0.25, 0.3) is 5.91 Å². The number of ether oxygens (including phenoxy) is 2. The molecule has 2 fully saturated rings. The fourth-order valence-corrected chi connectivity index (χ4v) is 4.47. The van der Waals surface area contributed by atoms with Gasteiger partial charge in [0.2, 0.25) is 11.8 Å². The van der Waals surface area contributed by atoms with Gasteiger partial charge in [0.15, 0.2) is 0 Å². The van der Waals surface area contributed by atoms with Gasteiger partial charge >= 0.3 is 0 Å². The molecule has 1 unspecified atom stereocenters. The Morgan fingerprint density at radius 2 is 1.88 bits per heavy atom. The normalized spacial score (nSPS) is 22.0. The molecule has 3 aliphatic heterocycles. The van der Waals surface area contributed by atoms with E-state index in [9.17, 15) is 14.4 Å². The van der Waals surface area contributed by atoms with Gasteiger partial charge in [0.05, 0.1) is 22.5 Å². The summed E-state index contributed by atoms with van der Waals surface area (Å²) in [6.45, 7) is 3.89. The first-order valence-corrected chi connectivity index (χ1v) is 11.2. The Kier molecular flexibility index (Phi) is 5.44. The van der Waals surface area contributed by atoms with Crippen LogP contribution in [0.1, 0.15) is 42.6 Å². The summed E-state index contributed by atoms with van der Waals surface area (Å²) in [6.07, 6.45) is 0.495. The maximum atomic E-state index is 13.0. The average molecular weight is 452 g/mol. The molecule has 172 valence electrons. The van der Waals surface area contributed by atoms with Gasteiger partial charge in [-0.1, -0.05) is 30.3 Å². The van der Waals surface area contributed by atoms with Crippen LogP contribution in [0.5, 0.6) is 5.75 Å². The minimum absolute atomic E-state index is 0.0889. The molecule has 1 N–H and O–H groups in total. The number of hydrogen-bond donors (Lipinski definition) is 1. The molecule has 8 nitrogen and oxygen atoms in total. The molecule has 3 aliphatic rings. The van der Waals surface area contributed by atoms with E-state index in [2.05, 4.69) is 10.2 Å². The Balaban J connectivity index is 1.29. The number of nitrogens with one attached hydrogen (secondary N) is 1.